The van der Waals surface area contributed by atoms with Crippen molar-refractivity contribution in [3.05, 3.63) is 53.7 Å². The third-order valence-corrected chi connectivity index (χ3v) is 3.36. The van der Waals surface area contributed by atoms with Gasteiger partial charge >= 0.3 is 0 Å². The van der Waals surface area contributed by atoms with Crippen molar-refractivity contribution in [3.63, 3.8) is 0 Å². The lowest BCUT2D eigenvalue weighted by Crippen LogP contribution is -2.17. The topological polar surface area (TPSA) is 38.1 Å². The van der Waals surface area contributed by atoms with Crippen molar-refractivity contribution in [3.8, 4) is 0 Å². The molecule has 0 aliphatic heterocycles. The smallest absolute Gasteiger partial charge is 0.180 e. The third kappa shape index (κ3) is 4.21. The van der Waals surface area contributed by atoms with E-state index in [-0.39, 0.29) is 0 Å². The fourth-order valence-corrected chi connectivity index (χ4v) is 2.05. The van der Waals surface area contributed by atoms with Crippen LogP contribution in [0.1, 0.15) is 49.6 Å². The largest absolute Gasteiger partial charge is 0.447 e. The quantitative estimate of drug-likeness (QED) is 0.819. The number of aryl methyl sites for hydroxylation is 1. The zero-order valence-electron chi connectivity index (χ0n) is 11.7. The van der Waals surface area contributed by atoms with E-state index in [0.29, 0.717) is 12.6 Å². The van der Waals surface area contributed by atoms with E-state index in [4.69, 9.17) is 4.42 Å². The van der Waals surface area contributed by atoms with Crippen molar-refractivity contribution in [2.75, 3.05) is 0 Å². The Bertz CT molecular complexity index is 462. The molecule has 0 spiro atoms. The SMILES string of the molecule is CCCCc1ccc(C(C)NCc2cnco2)cc1. The summed E-state index contributed by atoms with van der Waals surface area (Å²) in [4.78, 5) is 3.91. The van der Waals surface area contributed by atoms with E-state index in [2.05, 4.69) is 48.4 Å². The summed E-state index contributed by atoms with van der Waals surface area (Å²) < 4.78 is 5.21. The molecule has 0 radical (unpaired) electrons. The molecule has 1 atom stereocenters. The third-order valence-electron chi connectivity index (χ3n) is 3.36. The Morgan fingerprint density at radius 1 is 1.26 bits per heavy atom. The number of nitrogens with zero attached hydrogens (tertiary/aromatic N) is 1. The van der Waals surface area contributed by atoms with Crippen molar-refractivity contribution < 1.29 is 4.42 Å². The molecule has 1 N–H and O–H groups in total. The number of hydrogen-bond acceptors (Lipinski definition) is 3. The molecule has 0 saturated heterocycles. The standard InChI is InChI=1S/C16H22N2O/c1-3-4-5-14-6-8-15(9-7-14)13(2)18-11-16-10-17-12-19-16/h6-10,12-13,18H,3-5,11H2,1-2H3. The summed E-state index contributed by atoms with van der Waals surface area (Å²) in [5, 5.41) is 3.43. The van der Waals surface area contributed by atoms with Crippen LogP contribution in [0, 0.1) is 0 Å². The van der Waals surface area contributed by atoms with Crippen LogP contribution in [0.2, 0.25) is 0 Å². The monoisotopic (exact) mass is 258 g/mol. The number of hydrogen-bond donors (Lipinski definition) is 1. The summed E-state index contributed by atoms with van der Waals surface area (Å²) in [6.07, 6.45) is 6.89. The van der Waals surface area contributed by atoms with Gasteiger partial charge in [0.1, 0.15) is 5.76 Å². The van der Waals surface area contributed by atoms with Crippen LogP contribution in [0.3, 0.4) is 0 Å². The van der Waals surface area contributed by atoms with Gasteiger partial charge in [0.15, 0.2) is 6.39 Å². The van der Waals surface area contributed by atoms with E-state index in [0.717, 1.165) is 5.76 Å². The number of rotatable bonds is 7. The Hall–Kier alpha value is -1.61. The molecule has 2 aromatic rings. The van der Waals surface area contributed by atoms with Gasteiger partial charge in [-0.25, -0.2) is 4.98 Å². The number of benzene rings is 1. The minimum Gasteiger partial charge on any atom is -0.447 e. The lowest BCUT2D eigenvalue weighted by Gasteiger charge is -2.13. The molecule has 1 unspecified atom stereocenters. The molecule has 3 heteroatoms. The normalized spacial score (nSPS) is 12.5. The molecule has 0 amide bonds. The molecule has 0 fully saturated rings. The van der Waals surface area contributed by atoms with Gasteiger partial charge in [-0.1, -0.05) is 37.6 Å². The summed E-state index contributed by atoms with van der Waals surface area (Å²) in [6, 6.07) is 9.20. The van der Waals surface area contributed by atoms with E-state index >= 15 is 0 Å². The highest BCUT2D eigenvalue weighted by Crippen LogP contribution is 2.15. The highest BCUT2D eigenvalue weighted by molar-refractivity contribution is 5.24. The predicted octanol–water partition coefficient (Wildman–Crippen LogP) is 3.87. The summed E-state index contributed by atoms with van der Waals surface area (Å²) in [7, 11) is 0. The molecular formula is C16H22N2O. The number of oxazole rings is 1. The summed E-state index contributed by atoms with van der Waals surface area (Å²) in [6.45, 7) is 5.10. The van der Waals surface area contributed by atoms with Crippen LogP contribution in [-0.4, -0.2) is 4.98 Å². The Balaban J connectivity index is 1.86. The molecule has 102 valence electrons. The van der Waals surface area contributed by atoms with E-state index in [9.17, 15) is 0 Å². The van der Waals surface area contributed by atoms with Crippen LogP contribution in [0.25, 0.3) is 0 Å². The van der Waals surface area contributed by atoms with Gasteiger partial charge in [-0.15, -0.1) is 0 Å². The Morgan fingerprint density at radius 3 is 2.68 bits per heavy atom. The van der Waals surface area contributed by atoms with Crippen molar-refractivity contribution in [1.29, 1.82) is 0 Å². The molecule has 0 saturated carbocycles. The molecule has 0 bridgehead atoms. The second kappa shape index (κ2) is 7.10. The predicted molar refractivity (Wildman–Crippen MR) is 76.8 cm³/mol. The van der Waals surface area contributed by atoms with Gasteiger partial charge in [0.05, 0.1) is 12.7 Å². The highest BCUT2D eigenvalue weighted by atomic mass is 16.3. The van der Waals surface area contributed by atoms with Crippen LogP contribution >= 0.6 is 0 Å². The number of nitrogens with one attached hydrogen (secondary N) is 1. The van der Waals surface area contributed by atoms with Crippen LogP contribution in [-0.2, 0) is 13.0 Å². The average Bonchev–Trinajstić information content (AvgIpc) is 2.96. The average molecular weight is 258 g/mol. The van der Waals surface area contributed by atoms with Crippen molar-refractivity contribution >= 4 is 0 Å². The molecule has 0 aliphatic rings. The van der Waals surface area contributed by atoms with Gasteiger partial charge in [-0.05, 0) is 30.9 Å². The van der Waals surface area contributed by atoms with Crippen molar-refractivity contribution in [1.82, 2.24) is 10.3 Å². The van der Waals surface area contributed by atoms with Gasteiger partial charge in [-0.3, -0.25) is 0 Å². The maximum absolute atomic E-state index is 5.21. The molecule has 1 heterocycles. The Kier molecular flexibility index (Phi) is 5.16. The first kappa shape index (κ1) is 13.8. The van der Waals surface area contributed by atoms with E-state index < -0.39 is 0 Å². The van der Waals surface area contributed by atoms with E-state index in [1.165, 1.54) is 36.8 Å². The van der Waals surface area contributed by atoms with Gasteiger partial charge in [0.25, 0.3) is 0 Å². The molecule has 0 aliphatic carbocycles. The second-order valence-electron chi connectivity index (χ2n) is 4.92. The first-order chi connectivity index (χ1) is 9.29. The first-order valence-electron chi connectivity index (χ1n) is 6.99. The first-order valence-corrected chi connectivity index (χ1v) is 6.99. The fraction of sp³-hybridized carbons (Fsp3) is 0.438. The van der Waals surface area contributed by atoms with Crippen LogP contribution < -0.4 is 5.32 Å². The maximum Gasteiger partial charge on any atom is 0.180 e. The number of unbranched alkanes of at least 4 members (excludes halogenated alkanes) is 1. The van der Waals surface area contributed by atoms with Gasteiger partial charge in [0.2, 0.25) is 0 Å². The van der Waals surface area contributed by atoms with Crippen LogP contribution in [0.5, 0.6) is 0 Å². The molecule has 19 heavy (non-hydrogen) atoms. The van der Waals surface area contributed by atoms with E-state index in [1.807, 2.05) is 0 Å². The lowest BCUT2D eigenvalue weighted by atomic mass is 10.0. The van der Waals surface area contributed by atoms with Crippen molar-refractivity contribution in [2.24, 2.45) is 0 Å². The van der Waals surface area contributed by atoms with Gasteiger partial charge < -0.3 is 9.73 Å². The van der Waals surface area contributed by atoms with Crippen molar-refractivity contribution in [2.45, 2.75) is 45.7 Å². The second-order valence-corrected chi connectivity index (χ2v) is 4.92. The number of aromatic nitrogens is 1. The molecule has 1 aromatic carbocycles. The molecule has 1 aromatic heterocycles. The van der Waals surface area contributed by atoms with Crippen LogP contribution in [0.15, 0.2) is 41.3 Å². The lowest BCUT2D eigenvalue weighted by molar-refractivity contribution is 0.458. The minimum absolute atomic E-state index is 0.310. The fourth-order valence-electron chi connectivity index (χ4n) is 2.05. The Labute approximate surface area is 115 Å². The van der Waals surface area contributed by atoms with Crippen LogP contribution in [0.4, 0.5) is 0 Å². The zero-order chi connectivity index (χ0) is 13.5. The van der Waals surface area contributed by atoms with E-state index in [1.54, 1.807) is 6.20 Å². The van der Waals surface area contributed by atoms with Gasteiger partial charge in [0, 0.05) is 6.04 Å². The Morgan fingerprint density at radius 2 is 2.05 bits per heavy atom. The molecule has 3 nitrogen and oxygen atoms in total. The summed E-state index contributed by atoms with van der Waals surface area (Å²) in [5.74, 6) is 0.867. The molecular weight excluding hydrogens is 236 g/mol. The highest BCUT2D eigenvalue weighted by Gasteiger charge is 2.06. The summed E-state index contributed by atoms with van der Waals surface area (Å²) >= 11 is 0. The zero-order valence-corrected chi connectivity index (χ0v) is 11.7. The molecule has 2 rings (SSSR count). The maximum atomic E-state index is 5.21. The minimum atomic E-state index is 0.310. The van der Waals surface area contributed by atoms with Gasteiger partial charge in [-0.2, -0.15) is 0 Å². The summed E-state index contributed by atoms with van der Waals surface area (Å²) in [5.41, 5.74) is 2.73.